The minimum Gasteiger partial charge on any atom is -0.350 e. The summed E-state index contributed by atoms with van der Waals surface area (Å²) in [5.74, 6) is -0.0640. The summed E-state index contributed by atoms with van der Waals surface area (Å²) in [5.41, 5.74) is 1.62. The number of halogens is 1. The number of nitrogens with one attached hydrogen (secondary N) is 3. The molecule has 2 aromatic carbocycles. The highest BCUT2D eigenvalue weighted by Crippen LogP contribution is 2.30. The molecular formula is C21H24BrN3O4S. The largest absolute Gasteiger partial charge is 0.350 e. The Balaban J connectivity index is 1.44. The summed E-state index contributed by atoms with van der Waals surface area (Å²) in [6, 6.07) is 13.4. The van der Waals surface area contributed by atoms with Gasteiger partial charge in [-0.25, -0.2) is 13.1 Å². The monoisotopic (exact) mass is 493 g/mol. The molecule has 30 heavy (non-hydrogen) atoms. The van der Waals surface area contributed by atoms with Crippen LogP contribution in [-0.2, 0) is 19.6 Å². The predicted octanol–water partition coefficient (Wildman–Crippen LogP) is 3.34. The Kier molecular flexibility index (Phi) is 7.27. The van der Waals surface area contributed by atoms with Gasteiger partial charge in [-0.1, -0.05) is 28.1 Å². The first kappa shape index (κ1) is 22.5. The van der Waals surface area contributed by atoms with E-state index in [4.69, 9.17) is 0 Å². The number of sulfonamides is 1. The van der Waals surface area contributed by atoms with Gasteiger partial charge < -0.3 is 10.6 Å². The topological polar surface area (TPSA) is 104 Å². The molecule has 1 aliphatic rings. The van der Waals surface area contributed by atoms with Crippen molar-refractivity contribution in [1.82, 2.24) is 10.0 Å². The summed E-state index contributed by atoms with van der Waals surface area (Å²) < 4.78 is 27.7. The van der Waals surface area contributed by atoms with Crippen LogP contribution in [0.1, 0.15) is 37.8 Å². The van der Waals surface area contributed by atoms with Crippen LogP contribution in [0.15, 0.2) is 57.9 Å². The summed E-state index contributed by atoms with van der Waals surface area (Å²) in [5, 5.41) is 5.73. The average Bonchev–Trinajstić information content (AvgIpc) is 3.54. The van der Waals surface area contributed by atoms with Crippen LogP contribution in [0.4, 0.5) is 5.69 Å². The van der Waals surface area contributed by atoms with Gasteiger partial charge >= 0.3 is 0 Å². The molecule has 2 aromatic rings. The third kappa shape index (κ3) is 6.38. The van der Waals surface area contributed by atoms with E-state index in [1.165, 1.54) is 12.1 Å². The van der Waals surface area contributed by atoms with Crippen molar-refractivity contribution >= 4 is 43.5 Å². The molecule has 9 heteroatoms. The maximum absolute atomic E-state index is 12.2. The molecule has 0 aliphatic heterocycles. The molecule has 1 saturated carbocycles. The van der Waals surface area contributed by atoms with Crippen LogP contribution in [-0.4, -0.2) is 26.8 Å². The van der Waals surface area contributed by atoms with Gasteiger partial charge in [-0.15, -0.1) is 0 Å². The van der Waals surface area contributed by atoms with E-state index in [-0.39, 0.29) is 41.6 Å². The van der Waals surface area contributed by atoms with E-state index in [1.807, 2.05) is 31.2 Å². The fourth-order valence-electron chi connectivity index (χ4n) is 2.84. The van der Waals surface area contributed by atoms with E-state index in [2.05, 4.69) is 31.3 Å². The minimum absolute atomic E-state index is 0.00306. The summed E-state index contributed by atoms with van der Waals surface area (Å²) in [4.78, 5) is 24.1. The highest BCUT2D eigenvalue weighted by molar-refractivity contribution is 9.10. The number of hydrogen-bond acceptors (Lipinski definition) is 4. The van der Waals surface area contributed by atoms with Crippen LogP contribution in [0.5, 0.6) is 0 Å². The molecule has 0 bridgehead atoms. The molecule has 0 aromatic heterocycles. The summed E-state index contributed by atoms with van der Waals surface area (Å²) in [6.45, 7) is 1.85. The third-order valence-electron chi connectivity index (χ3n) is 4.77. The summed E-state index contributed by atoms with van der Waals surface area (Å²) in [7, 11) is -3.66. The molecule has 0 saturated heterocycles. The lowest BCUT2D eigenvalue weighted by atomic mass is 10.1. The number of anilines is 1. The van der Waals surface area contributed by atoms with Crippen molar-refractivity contribution < 1.29 is 18.0 Å². The first-order valence-corrected chi connectivity index (χ1v) is 12.0. The minimum atomic E-state index is -3.66. The quantitative estimate of drug-likeness (QED) is 0.498. The van der Waals surface area contributed by atoms with Gasteiger partial charge in [0.05, 0.1) is 10.9 Å². The van der Waals surface area contributed by atoms with Gasteiger partial charge in [-0.05, 0) is 61.7 Å². The van der Waals surface area contributed by atoms with Gasteiger partial charge in [0.1, 0.15) is 0 Å². The van der Waals surface area contributed by atoms with Gasteiger partial charge in [-0.3, -0.25) is 9.59 Å². The van der Waals surface area contributed by atoms with Crippen LogP contribution < -0.4 is 15.4 Å². The first-order chi connectivity index (χ1) is 14.2. The van der Waals surface area contributed by atoms with Gasteiger partial charge in [0.2, 0.25) is 21.8 Å². The van der Waals surface area contributed by atoms with Crippen molar-refractivity contribution in [3.8, 4) is 0 Å². The molecule has 1 atom stereocenters. The van der Waals surface area contributed by atoms with Crippen molar-refractivity contribution in [1.29, 1.82) is 0 Å². The third-order valence-corrected chi connectivity index (χ3v) is 6.78. The Morgan fingerprint density at radius 3 is 2.30 bits per heavy atom. The second kappa shape index (κ2) is 9.72. The highest BCUT2D eigenvalue weighted by atomic mass is 79.9. The number of amides is 2. The van der Waals surface area contributed by atoms with Gasteiger partial charge in [0.15, 0.2) is 0 Å². The molecule has 3 rings (SSSR count). The maximum atomic E-state index is 12.2. The molecule has 1 fully saturated rings. The van der Waals surface area contributed by atoms with Crippen LogP contribution in [0.25, 0.3) is 0 Å². The van der Waals surface area contributed by atoms with E-state index in [0.717, 1.165) is 28.6 Å². The van der Waals surface area contributed by atoms with Gasteiger partial charge in [0.25, 0.3) is 0 Å². The van der Waals surface area contributed by atoms with Crippen LogP contribution >= 0.6 is 15.9 Å². The van der Waals surface area contributed by atoms with E-state index in [0.29, 0.717) is 0 Å². The Labute approximate surface area is 184 Å². The molecule has 160 valence electrons. The molecular weight excluding hydrogens is 470 g/mol. The number of hydrogen-bond donors (Lipinski definition) is 3. The maximum Gasteiger partial charge on any atom is 0.240 e. The number of rotatable bonds is 9. The molecule has 1 aliphatic carbocycles. The Hall–Kier alpha value is -2.23. The van der Waals surface area contributed by atoms with Gasteiger partial charge in [0, 0.05) is 29.0 Å². The van der Waals surface area contributed by atoms with E-state index < -0.39 is 10.0 Å². The smallest absolute Gasteiger partial charge is 0.240 e. The number of benzene rings is 2. The fraction of sp³-hybridized carbons (Fsp3) is 0.333. The molecule has 0 heterocycles. The van der Waals surface area contributed by atoms with E-state index >= 15 is 0 Å². The van der Waals surface area contributed by atoms with E-state index in [9.17, 15) is 18.0 Å². The molecule has 0 spiro atoms. The normalized spacial score (nSPS) is 14.7. The lowest BCUT2D eigenvalue weighted by Gasteiger charge is -2.15. The van der Waals surface area contributed by atoms with Crippen LogP contribution in [0.3, 0.4) is 0 Å². The van der Waals surface area contributed by atoms with Crippen molar-refractivity contribution in [3.05, 3.63) is 58.6 Å². The lowest BCUT2D eigenvalue weighted by molar-refractivity contribution is -0.121. The zero-order valence-electron chi connectivity index (χ0n) is 16.5. The van der Waals surface area contributed by atoms with Crippen LogP contribution in [0, 0.1) is 5.92 Å². The summed E-state index contributed by atoms with van der Waals surface area (Å²) >= 11 is 3.26. The van der Waals surface area contributed by atoms with Crippen molar-refractivity contribution in [3.63, 3.8) is 0 Å². The average molecular weight is 494 g/mol. The number of carbonyl (C=O) groups is 2. The molecule has 1 unspecified atom stereocenters. The Bertz CT molecular complexity index is 1000. The first-order valence-electron chi connectivity index (χ1n) is 9.70. The molecule has 7 nitrogen and oxygen atoms in total. The second-order valence-electron chi connectivity index (χ2n) is 7.28. The Morgan fingerprint density at radius 2 is 1.70 bits per heavy atom. The van der Waals surface area contributed by atoms with Crippen molar-refractivity contribution in [2.75, 3.05) is 11.9 Å². The second-order valence-corrected chi connectivity index (χ2v) is 9.96. The SMILES string of the molecule is CC(NC(=O)CCNS(=O)(=O)c1ccc(Br)cc1)c1ccc(NC(=O)C2CC2)cc1. The standard InChI is InChI=1S/C21H24BrN3O4S/c1-14(15-4-8-18(9-5-15)25-21(27)16-2-3-16)24-20(26)12-13-23-30(28,29)19-10-6-17(22)7-11-19/h4-11,14,16,23H,2-3,12-13H2,1H3,(H,24,26)(H,25,27). The Morgan fingerprint density at radius 1 is 1.07 bits per heavy atom. The van der Waals surface area contributed by atoms with Gasteiger partial charge in [-0.2, -0.15) is 0 Å². The highest BCUT2D eigenvalue weighted by Gasteiger charge is 2.29. The summed E-state index contributed by atoms with van der Waals surface area (Å²) in [6.07, 6.45) is 1.92. The van der Waals surface area contributed by atoms with Crippen LogP contribution in [0.2, 0.25) is 0 Å². The molecule has 3 N–H and O–H groups in total. The van der Waals surface area contributed by atoms with E-state index in [1.54, 1.807) is 12.1 Å². The zero-order chi connectivity index (χ0) is 21.7. The molecule has 0 radical (unpaired) electrons. The fourth-order valence-corrected chi connectivity index (χ4v) is 4.13. The van der Waals surface area contributed by atoms with Crippen molar-refractivity contribution in [2.45, 2.75) is 37.1 Å². The van der Waals surface area contributed by atoms with Crippen molar-refractivity contribution in [2.24, 2.45) is 5.92 Å². The predicted molar refractivity (Wildman–Crippen MR) is 118 cm³/mol. The number of carbonyl (C=O) groups excluding carboxylic acids is 2. The molecule has 2 amide bonds. The lowest BCUT2D eigenvalue weighted by Crippen LogP contribution is -2.32. The zero-order valence-corrected chi connectivity index (χ0v) is 18.9.